The van der Waals surface area contributed by atoms with E-state index in [1.54, 1.807) is 11.8 Å². The van der Waals surface area contributed by atoms with Gasteiger partial charge in [0.1, 0.15) is 5.76 Å². The molecule has 0 saturated heterocycles. The summed E-state index contributed by atoms with van der Waals surface area (Å²) in [6.45, 7) is 3.86. The average Bonchev–Trinajstić information content (AvgIpc) is 2.42. The molecule has 0 aliphatic carbocycles. The molecule has 13 heavy (non-hydrogen) atoms. The van der Waals surface area contributed by atoms with E-state index in [-0.39, 0.29) is 0 Å². The first kappa shape index (κ1) is 10.1. The molecule has 0 unspecified atom stereocenters. The van der Waals surface area contributed by atoms with Gasteiger partial charge < -0.3 is 4.52 Å². The Hall–Kier alpha value is -0.950. The fourth-order valence-electron chi connectivity index (χ4n) is 1.000. The Morgan fingerprint density at radius 2 is 2.31 bits per heavy atom. The van der Waals surface area contributed by atoms with Gasteiger partial charge >= 0.3 is 0 Å². The van der Waals surface area contributed by atoms with E-state index in [2.05, 4.69) is 11.2 Å². The van der Waals surface area contributed by atoms with E-state index in [1.807, 2.05) is 13.8 Å². The molecular formula is C9H12N2OS. The van der Waals surface area contributed by atoms with Crippen LogP contribution >= 0.6 is 11.8 Å². The molecule has 0 spiro atoms. The zero-order chi connectivity index (χ0) is 9.68. The largest absolute Gasteiger partial charge is 0.361 e. The first-order chi connectivity index (χ1) is 6.25. The van der Waals surface area contributed by atoms with Crippen LogP contribution in [0.2, 0.25) is 0 Å². The molecule has 3 nitrogen and oxygen atoms in total. The van der Waals surface area contributed by atoms with Crippen LogP contribution in [0.5, 0.6) is 0 Å². The Morgan fingerprint density at radius 3 is 2.85 bits per heavy atom. The van der Waals surface area contributed by atoms with E-state index in [4.69, 9.17) is 9.78 Å². The molecule has 0 saturated carbocycles. The normalized spacial score (nSPS) is 9.92. The van der Waals surface area contributed by atoms with Gasteiger partial charge in [0.25, 0.3) is 0 Å². The van der Waals surface area contributed by atoms with E-state index in [9.17, 15) is 0 Å². The summed E-state index contributed by atoms with van der Waals surface area (Å²) in [6.07, 6.45) is 0.605. The Morgan fingerprint density at radius 1 is 1.54 bits per heavy atom. The highest BCUT2D eigenvalue weighted by Gasteiger charge is 2.07. The van der Waals surface area contributed by atoms with Gasteiger partial charge in [0, 0.05) is 23.5 Å². The average molecular weight is 196 g/mol. The number of thioether (sulfide) groups is 1. The van der Waals surface area contributed by atoms with Crippen LogP contribution in [-0.4, -0.2) is 10.9 Å². The topological polar surface area (TPSA) is 49.8 Å². The van der Waals surface area contributed by atoms with Gasteiger partial charge in [0.15, 0.2) is 0 Å². The minimum atomic E-state index is 0.605. The van der Waals surface area contributed by atoms with Gasteiger partial charge in [-0.2, -0.15) is 17.0 Å². The smallest absolute Gasteiger partial charge is 0.137 e. The third-order valence-corrected chi connectivity index (χ3v) is 2.77. The molecule has 1 heterocycles. The maximum atomic E-state index is 8.34. The summed E-state index contributed by atoms with van der Waals surface area (Å²) in [5.74, 6) is 2.66. The standard InChI is InChI=1S/C9H12N2OS/c1-7-9(8(2)12-11-7)6-13-5-3-4-10/h3,5-6H2,1-2H3. The molecule has 1 aromatic rings. The molecule has 1 aromatic heterocycles. The summed E-state index contributed by atoms with van der Waals surface area (Å²) in [7, 11) is 0. The van der Waals surface area contributed by atoms with Gasteiger partial charge in [-0.3, -0.25) is 0 Å². The van der Waals surface area contributed by atoms with Crippen molar-refractivity contribution in [2.24, 2.45) is 0 Å². The van der Waals surface area contributed by atoms with Crippen molar-refractivity contribution in [3.05, 3.63) is 17.0 Å². The Labute approximate surface area is 82.1 Å². The second kappa shape index (κ2) is 4.93. The Bertz CT molecular complexity index is 294. The van der Waals surface area contributed by atoms with Crippen molar-refractivity contribution in [1.29, 1.82) is 5.26 Å². The molecule has 70 valence electrons. The minimum Gasteiger partial charge on any atom is -0.361 e. The van der Waals surface area contributed by atoms with Gasteiger partial charge in [-0.25, -0.2) is 0 Å². The predicted molar refractivity (Wildman–Crippen MR) is 52.4 cm³/mol. The molecule has 0 fully saturated rings. The van der Waals surface area contributed by atoms with E-state index in [0.717, 1.165) is 23.0 Å². The van der Waals surface area contributed by atoms with E-state index in [0.29, 0.717) is 6.42 Å². The molecule has 0 aromatic carbocycles. The number of rotatable bonds is 4. The SMILES string of the molecule is Cc1noc(C)c1CSCCC#N. The van der Waals surface area contributed by atoms with Crippen molar-refractivity contribution in [3.8, 4) is 6.07 Å². The lowest BCUT2D eigenvalue weighted by Gasteiger charge is -1.97. The fraction of sp³-hybridized carbons (Fsp3) is 0.556. The highest BCUT2D eigenvalue weighted by atomic mass is 32.2. The van der Waals surface area contributed by atoms with Crippen LogP contribution in [0.1, 0.15) is 23.4 Å². The van der Waals surface area contributed by atoms with Crippen LogP contribution in [0, 0.1) is 25.2 Å². The van der Waals surface area contributed by atoms with E-state index in [1.165, 1.54) is 5.56 Å². The second-order valence-electron chi connectivity index (χ2n) is 2.76. The molecule has 1 rings (SSSR count). The zero-order valence-corrected chi connectivity index (χ0v) is 8.65. The molecule has 0 amide bonds. The van der Waals surface area contributed by atoms with Crippen LogP contribution in [0.15, 0.2) is 4.52 Å². The van der Waals surface area contributed by atoms with Crippen LogP contribution < -0.4 is 0 Å². The number of nitrogens with zero attached hydrogens (tertiary/aromatic N) is 2. The molecule has 4 heteroatoms. The van der Waals surface area contributed by atoms with Crippen molar-refractivity contribution in [3.63, 3.8) is 0 Å². The molecule has 0 aliphatic heterocycles. The summed E-state index contributed by atoms with van der Waals surface area (Å²) < 4.78 is 5.02. The number of aryl methyl sites for hydroxylation is 2. The minimum absolute atomic E-state index is 0.605. The summed E-state index contributed by atoms with van der Waals surface area (Å²) >= 11 is 1.74. The Balaban J connectivity index is 2.41. The molecule has 0 aliphatic rings. The maximum Gasteiger partial charge on any atom is 0.137 e. The summed E-state index contributed by atoms with van der Waals surface area (Å²) in [5, 5.41) is 12.2. The maximum absolute atomic E-state index is 8.34. The molecule has 0 N–H and O–H groups in total. The van der Waals surface area contributed by atoms with Crippen LogP contribution in [0.3, 0.4) is 0 Å². The van der Waals surface area contributed by atoms with Crippen molar-refractivity contribution in [2.45, 2.75) is 26.0 Å². The zero-order valence-electron chi connectivity index (χ0n) is 7.83. The van der Waals surface area contributed by atoms with Gasteiger partial charge in [0.05, 0.1) is 11.8 Å². The van der Waals surface area contributed by atoms with Gasteiger partial charge in [0.2, 0.25) is 0 Å². The summed E-state index contributed by atoms with van der Waals surface area (Å²) in [4.78, 5) is 0. The second-order valence-corrected chi connectivity index (χ2v) is 3.87. The van der Waals surface area contributed by atoms with Gasteiger partial charge in [-0.15, -0.1) is 0 Å². The van der Waals surface area contributed by atoms with Crippen molar-refractivity contribution < 1.29 is 4.52 Å². The lowest BCUT2D eigenvalue weighted by atomic mass is 10.2. The number of nitriles is 1. The predicted octanol–water partition coefficient (Wildman–Crippen LogP) is 2.44. The highest BCUT2D eigenvalue weighted by molar-refractivity contribution is 7.98. The van der Waals surface area contributed by atoms with E-state index < -0.39 is 0 Å². The Kier molecular flexibility index (Phi) is 3.84. The number of hydrogen-bond acceptors (Lipinski definition) is 4. The third-order valence-electron chi connectivity index (χ3n) is 1.79. The highest BCUT2D eigenvalue weighted by Crippen LogP contribution is 2.19. The lowest BCUT2D eigenvalue weighted by molar-refractivity contribution is 0.392. The number of hydrogen-bond donors (Lipinski definition) is 0. The van der Waals surface area contributed by atoms with Crippen molar-refractivity contribution >= 4 is 11.8 Å². The molecule has 0 bridgehead atoms. The number of aromatic nitrogens is 1. The lowest BCUT2D eigenvalue weighted by Crippen LogP contribution is -1.86. The molecular weight excluding hydrogens is 184 g/mol. The summed E-state index contributed by atoms with van der Waals surface area (Å²) in [6, 6.07) is 2.12. The first-order valence-electron chi connectivity index (χ1n) is 4.12. The van der Waals surface area contributed by atoms with Gasteiger partial charge in [-0.05, 0) is 13.8 Å². The monoisotopic (exact) mass is 196 g/mol. The van der Waals surface area contributed by atoms with Crippen molar-refractivity contribution in [1.82, 2.24) is 5.16 Å². The first-order valence-corrected chi connectivity index (χ1v) is 5.27. The van der Waals surface area contributed by atoms with Gasteiger partial charge in [-0.1, -0.05) is 5.16 Å². The quantitative estimate of drug-likeness (QED) is 0.694. The van der Waals surface area contributed by atoms with Crippen molar-refractivity contribution in [2.75, 3.05) is 5.75 Å². The molecule has 0 atom stereocenters. The fourth-order valence-corrected chi connectivity index (χ4v) is 2.00. The summed E-state index contributed by atoms with van der Waals surface area (Å²) in [5.41, 5.74) is 2.13. The van der Waals surface area contributed by atoms with Crippen LogP contribution in [0.4, 0.5) is 0 Å². The van der Waals surface area contributed by atoms with Crippen LogP contribution in [-0.2, 0) is 5.75 Å². The molecule has 0 radical (unpaired) electrons. The third kappa shape index (κ3) is 2.78. The van der Waals surface area contributed by atoms with E-state index >= 15 is 0 Å². The van der Waals surface area contributed by atoms with Crippen LogP contribution in [0.25, 0.3) is 0 Å².